The SMILES string of the molecule is Cc1[nH]cnc1C(=O)N1CCCN(C(=O)c2cccc(-c3cn[nH]c3)c2)CC1. The van der Waals surface area contributed by atoms with Gasteiger partial charge in [-0.2, -0.15) is 5.10 Å². The van der Waals surface area contributed by atoms with E-state index in [4.69, 9.17) is 0 Å². The summed E-state index contributed by atoms with van der Waals surface area (Å²) >= 11 is 0. The summed E-state index contributed by atoms with van der Waals surface area (Å²) in [7, 11) is 0. The molecule has 2 N–H and O–H groups in total. The van der Waals surface area contributed by atoms with E-state index in [0.717, 1.165) is 23.2 Å². The van der Waals surface area contributed by atoms with Crippen LogP contribution in [0.15, 0.2) is 43.0 Å². The number of aromatic amines is 2. The average molecular weight is 378 g/mol. The molecule has 0 radical (unpaired) electrons. The first-order valence-electron chi connectivity index (χ1n) is 9.31. The lowest BCUT2D eigenvalue weighted by molar-refractivity contribution is 0.0715. The van der Waals surface area contributed by atoms with Crippen LogP contribution in [0.2, 0.25) is 0 Å². The van der Waals surface area contributed by atoms with Crippen molar-refractivity contribution >= 4 is 11.8 Å². The van der Waals surface area contributed by atoms with E-state index in [1.54, 1.807) is 17.3 Å². The Morgan fingerprint density at radius 2 is 1.82 bits per heavy atom. The predicted octanol–water partition coefficient (Wildman–Crippen LogP) is 2.10. The Balaban J connectivity index is 1.46. The number of carbonyl (C=O) groups is 2. The molecule has 0 unspecified atom stereocenters. The van der Waals surface area contributed by atoms with Gasteiger partial charge in [0, 0.05) is 49.2 Å². The first-order chi connectivity index (χ1) is 13.6. The minimum Gasteiger partial charge on any atom is -0.348 e. The minimum atomic E-state index is -0.0880. The Kier molecular flexibility index (Phi) is 4.92. The van der Waals surface area contributed by atoms with Crippen LogP contribution in [-0.2, 0) is 0 Å². The van der Waals surface area contributed by atoms with Crippen LogP contribution in [0.3, 0.4) is 0 Å². The van der Waals surface area contributed by atoms with E-state index in [9.17, 15) is 9.59 Å². The molecule has 0 atom stereocenters. The number of carbonyl (C=O) groups excluding carboxylic acids is 2. The fourth-order valence-electron chi connectivity index (χ4n) is 3.47. The number of nitrogens with zero attached hydrogens (tertiary/aromatic N) is 4. The van der Waals surface area contributed by atoms with Crippen LogP contribution in [0.1, 0.15) is 33.0 Å². The van der Waals surface area contributed by atoms with Gasteiger partial charge in [0.2, 0.25) is 0 Å². The van der Waals surface area contributed by atoms with E-state index in [2.05, 4.69) is 20.2 Å². The molecule has 4 rings (SSSR count). The molecule has 0 aliphatic carbocycles. The van der Waals surface area contributed by atoms with Gasteiger partial charge >= 0.3 is 0 Å². The van der Waals surface area contributed by atoms with Crippen molar-refractivity contribution in [3.8, 4) is 11.1 Å². The van der Waals surface area contributed by atoms with Gasteiger partial charge in [-0.3, -0.25) is 14.7 Å². The zero-order valence-corrected chi connectivity index (χ0v) is 15.7. The Bertz CT molecular complexity index is 978. The van der Waals surface area contributed by atoms with E-state index in [0.29, 0.717) is 37.4 Å². The summed E-state index contributed by atoms with van der Waals surface area (Å²) in [5.41, 5.74) is 3.74. The topological polar surface area (TPSA) is 98.0 Å². The second-order valence-electron chi connectivity index (χ2n) is 6.88. The van der Waals surface area contributed by atoms with Gasteiger partial charge in [-0.05, 0) is 31.0 Å². The molecule has 1 fully saturated rings. The fourth-order valence-corrected chi connectivity index (χ4v) is 3.47. The highest BCUT2D eigenvalue weighted by atomic mass is 16.2. The first kappa shape index (κ1) is 18.0. The number of nitrogens with one attached hydrogen (secondary N) is 2. The monoisotopic (exact) mass is 378 g/mol. The number of benzene rings is 1. The molecule has 0 bridgehead atoms. The number of rotatable bonds is 3. The molecule has 8 heteroatoms. The highest BCUT2D eigenvalue weighted by Gasteiger charge is 2.25. The van der Waals surface area contributed by atoms with Crippen molar-refractivity contribution in [2.24, 2.45) is 0 Å². The number of hydrogen-bond donors (Lipinski definition) is 2. The second-order valence-corrected chi connectivity index (χ2v) is 6.88. The van der Waals surface area contributed by atoms with E-state index in [-0.39, 0.29) is 11.8 Å². The Hall–Kier alpha value is -3.42. The second kappa shape index (κ2) is 7.67. The molecule has 8 nitrogen and oxygen atoms in total. The van der Waals surface area contributed by atoms with Crippen LogP contribution >= 0.6 is 0 Å². The van der Waals surface area contributed by atoms with E-state index in [1.165, 1.54) is 6.33 Å². The molecule has 1 aliphatic rings. The Morgan fingerprint density at radius 1 is 1.04 bits per heavy atom. The maximum Gasteiger partial charge on any atom is 0.274 e. The third-order valence-corrected chi connectivity index (χ3v) is 5.04. The third kappa shape index (κ3) is 3.53. The lowest BCUT2D eigenvalue weighted by atomic mass is 10.1. The molecule has 2 amide bonds. The number of H-pyrrole nitrogens is 2. The van der Waals surface area contributed by atoms with Gasteiger partial charge in [0.25, 0.3) is 11.8 Å². The molecular formula is C20H22N6O2. The number of imidazole rings is 1. The van der Waals surface area contributed by atoms with Crippen LogP contribution in [0.5, 0.6) is 0 Å². The summed E-state index contributed by atoms with van der Waals surface area (Å²) < 4.78 is 0. The maximum absolute atomic E-state index is 13.0. The molecule has 1 aromatic carbocycles. The van der Waals surface area contributed by atoms with Gasteiger partial charge in [-0.1, -0.05) is 12.1 Å². The summed E-state index contributed by atoms with van der Waals surface area (Å²) in [6, 6.07) is 7.54. The summed E-state index contributed by atoms with van der Waals surface area (Å²) in [4.78, 5) is 36.4. The Labute approximate surface area is 162 Å². The van der Waals surface area contributed by atoms with Crippen molar-refractivity contribution in [2.45, 2.75) is 13.3 Å². The molecule has 2 aromatic heterocycles. The normalized spacial score (nSPS) is 14.8. The van der Waals surface area contributed by atoms with Gasteiger partial charge in [-0.25, -0.2) is 4.98 Å². The van der Waals surface area contributed by atoms with E-state index in [1.807, 2.05) is 36.1 Å². The smallest absolute Gasteiger partial charge is 0.274 e. The molecule has 28 heavy (non-hydrogen) atoms. The number of amides is 2. The van der Waals surface area contributed by atoms with Crippen molar-refractivity contribution < 1.29 is 9.59 Å². The van der Waals surface area contributed by atoms with Gasteiger partial charge in [0.15, 0.2) is 0 Å². The van der Waals surface area contributed by atoms with Crippen LogP contribution in [0, 0.1) is 6.92 Å². The van der Waals surface area contributed by atoms with Crippen molar-refractivity contribution in [3.05, 3.63) is 59.9 Å². The molecule has 3 aromatic rings. The van der Waals surface area contributed by atoms with Crippen molar-refractivity contribution in [3.63, 3.8) is 0 Å². The van der Waals surface area contributed by atoms with Crippen LogP contribution in [-0.4, -0.2) is 68.0 Å². The summed E-state index contributed by atoms with van der Waals surface area (Å²) in [5.74, 6) is -0.106. The lowest BCUT2D eigenvalue weighted by Crippen LogP contribution is -2.37. The van der Waals surface area contributed by atoms with Crippen LogP contribution < -0.4 is 0 Å². The van der Waals surface area contributed by atoms with Crippen LogP contribution in [0.4, 0.5) is 0 Å². The zero-order valence-electron chi connectivity index (χ0n) is 15.7. The van der Waals surface area contributed by atoms with Gasteiger partial charge in [0.1, 0.15) is 5.69 Å². The Morgan fingerprint density at radius 3 is 2.50 bits per heavy atom. The third-order valence-electron chi connectivity index (χ3n) is 5.04. The number of aromatic nitrogens is 4. The number of aryl methyl sites for hydroxylation is 1. The fraction of sp³-hybridized carbons (Fsp3) is 0.300. The maximum atomic E-state index is 13.0. The highest BCUT2D eigenvalue weighted by Crippen LogP contribution is 2.20. The summed E-state index contributed by atoms with van der Waals surface area (Å²) in [6.07, 6.45) is 5.80. The number of hydrogen-bond acceptors (Lipinski definition) is 4. The van der Waals surface area contributed by atoms with Gasteiger partial charge in [0.05, 0.1) is 12.5 Å². The van der Waals surface area contributed by atoms with Gasteiger partial charge in [-0.15, -0.1) is 0 Å². The van der Waals surface area contributed by atoms with E-state index < -0.39 is 0 Å². The van der Waals surface area contributed by atoms with Crippen molar-refractivity contribution in [1.82, 2.24) is 30.0 Å². The molecular weight excluding hydrogens is 356 g/mol. The van der Waals surface area contributed by atoms with Gasteiger partial charge < -0.3 is 14.8 Å². The van der Waals surface area contributed by atoms with Crippen LogP contribution in [0.25, 0.3) is 11.1 Å². The molecule has 144 valence electrons. The highest BCUT2D eigenvalue weighted by molar-refractivity contribution is 5.96. The molecule has 3 heterocycles. The standard InChI is InChI=1S/C20H22N6O2/c1-14-18(22-13-21-14)20(28)26-7-3-6-25(8-9-26)19(27)16-5-2-4-15(10-16)17-11-23-24-12-17/h2,4-5,10-13H,3,6-9H2,1H3,(H,21,22)(H,23,24). The minimum absolute atomic E-state index is 0.0180. The lowest BCUT2D eigenvalue weighted by Gasteiger charge is -2.22. The van der Waals surface area contributed by atoms with Crippen molar-refractivity contribution in [1.29, 1.82) is 0 Å². The average Bonchev–Trinajstić information content (AvgIpc) is 3.34. The first-order valence-corrected chi connectivity index (χ1v) is 9.31. The predicted molar refractivity (Wildman–Crippen MR) is 104 cm³/mol. The summed E-state index contributed by atoms with van der Waals surface area (Å²) in [6.45, 7) is 4.07. The van der Waals surface area contributed by atoms with E-state index >= 15 is 0 Å². The molecule has 1 saturated heterocycles. The zero-order chi connectivity index (χ0) is 19.5. The largest absolute Gasteiger partial charge is 0.348 e. The molecule has 1 aliphatic heterocycles. The van der Waals surface area contributed by atoms with Crippen molar-refractivity contribution in [2.75, 3.05) is 26.2 Å². The molecule has 0 saturated carbocycles. The molecule has 0 spiro atoms. The summed E-state index contributed by atoms with van der Waals surface area (Å²) in [5, 5.41) is 6.75. The quantitative estimate of drug-likeness (QED) is 0.729.